The van der Waals surface area contributed by atoms with Gasteiger partial charge in [0.25, 0.3) is 0 Å². The number of rotatable bonds is 7. The zero-order chi connectivity index (χ0) is 17.5. The van der Waals surface area contributed by atoms with E-state index in [1.807, 2.05) is 27.7 Å². The first kappa shape index (κ1) is 19.4. The highest BCUT2D eigenvalue weighted by atomic mass is 32.1. The van der Waals surface area contributed by atoms with E-state index in [4.69, 9.17) is 9.47 Å². The van der Waals surface area contributed by atoms with Gasteiger partial charge in [0.15, 0.2) is 0 Å². The Balaban J connectivity index is 2.40. The smallest absolute Gasteiger partial charge is 0.407 e. The Morgan fingerprint density at radius 2 is 2.09 bits per heavy atom. The zero-order valence-corrected chi connectivity index (χ0v) is 15.3. The molecule has 7 heteroatoms. The fourth-order valence-electron chi connectivity index (χ4n) is 1.84. The third-order valence-electron chi connectivity index (χ3n) is 2.73. The second-order valence-corrected chi connectivity index (χ2v) is 7.48. The van der Waals surface area contributed by atoms with Crippen LogP contribution in [-0.2, 0) is 27.1 Å². The van der Waals surface area contributed by atoms with Crippen molar-refractivity contribution in [3.63, 3.8) is 0 Å². The van der Waals surface area contributed by atoms with Gasteiger partial charge in [0, 0.05) is 23.5 Å². The van der Waals surface area contributed by atoms with Gasteiger partial charge in [-0.25, -0.2) is 9.78 Å². The summed E-state index contributed by atoms with van der Waals surface area (Å²) in [5.41, 5.74) is -0.509. The molecule has 130 valence electrons. The van der Waals surface area contributed by atoms with Gasteiger partial charge in [-0.15, -0.1) is 11.3 Å². The number of hydrogen-bond donors (Lipinski definition) is 1. The summed E-state index contributed by atoms with van der Waals surface area (Å²) in [6, 6.07) is -0.0751. The van der Waals surface area contributed by atoms with Crippen molar-refractivity contribution in [3.05, 3.63) is 16.1 Å². The molecule has 23 heavy (non-hydrogen) atoms. The van der Waals surface area contributed by atoms with Gasteiger partial charge >= 0.3 is 12.1 Å². The third kappa shape index (κ3) is 8.54. The number of nitrogens with zero attached hydrogens (tertiary/aromatic N) is 1. The lowest BCUT2D eigenvalue weighted by molar-refractivity contribution is -0.143. The van der Waals surface area contributed by atoms with E-state index >= 15 is 0 Å². The average molecular weight is 342 g/mol. The topological polar surface area (TPSA) is 77.5 Å². The van der Waals surface area contributed by atoms with Gasteiger partial charge in [0.2, 0.25) is 0 Å². The summed E-state index contributed by atoms with van der Waals surface area (Å²) in [7, 11) is 0. The Labute approximate surface area is 141 Å². The van der Waals surface area contributed by atoms with Crippen molar-refractivity contribution >= 4 is 23.4 Å². The van der Waals surface area contributed by atoms with Crippen LogP contribution in [0.4, 0.5) is 4.79 Å². The van der Waals surface area contributed by atoms with Crippen molar-refractivity contribution in [2.75, 3.05) is 6.61 Å². The number of alkyl carbamates (subject to hydrolysis) is 1. The maximum Gasteiger partial charge on any atom is 0.407 e. The van der Waals surface area contributed by atoms with Gasteiger partial charge in [-0.1, -0.05) is 0 Å². The van der Waals surface area contributed by atoms with E-state index in [-0.39, 0.29) is 12.0 Å². The van der Waals surface area contributed by atoms with E-state index in [2.05, 4.69) is 10.3 Å². The monoisotopic (exact) mass is 342 g/mol. The first-order valence-corrected chi connectivity index (χ1v) is 8.60. The van der Waals surface area contributed by atoms with Gasteiger partial charge in [-0.3, -0.25) is 4.79 Å². The molecule has 1 heterocycles. The number of thiazole rings is 1. The summed E-state index contributed by atoms with van der Waals surface area (Å²) >= 11 is 1.55. The molecular weight excluding hydrogens is 316 g/mol. The number of aromatic nitrogens is 1. The van der Waals surface area contributed by atoms with Crippen molar-refractivity contribution in [1.29, 1.82) is 0 Å². The molecule has 1 atom stereocenters. The first-order chi connectivity index (χ1) is 10.7. The van der Waals surface area contributed by atoms with Crippen LogP contribution >= 0.6 is 11.3 Å². The number of amides is 1. The van der Waals surface area contributed by atoms with Crippen molar-refractivity contribution < 1.29 is 19.1 Å². The predicted octanol–water partition coefficient (Wildman–Crippen LogP) is 3.09. The van der Waals surface area contributed by atoms with E-state index in [9.17, 15) is 9.59 Å². The molecule has 0 aliphatic rings. The standard InChI is InChI=1S/C16H26N2O4S/c1-6-21-14(19)8-7-12-10-17-13(23-12)9-11(2)18-15(20)22-16(3,4)5/h10-11H,6-9H2,1-5H3,(H,18,20)/t11-/m1/s1. The van der Waals surface area contributed by atoms with Crippen molar-refractivity contribution in [1.82, 2.24) is 10.3 Å². The van der Waals surface area contributed by atoms with Crippen LogP contribution in [-0.4, -0.2) is 35.3 Å². The summed E-state index contributed by atoms with van der Waals surface area (Å²) in [5, 5.41) is 3.72. The predicted molar refractivity (Wildman–Crippen MR) is 89.6 cm³/mol. The molecule has 1 aromatic rings. The lowest BCUT2D eigenvalue weighted by atomic mass is 10.2. The van der Waals surface area contributed by atoms with Crippen LogP contribution < -0.4 is 5.32 Å². The van der Waals surface area contributed by atoms with E-state index in [0.29, 0.717) is 25.9 Å². The quantitative estimate of drug-likeness (QED) is 0.771. The molecule has 0 saturated carbocycles. The second kappa shape index (κ2) is 8.86. The maximum absolute atomic E-state index is 11.7. The molecule has 0 aromatic carbocycles. The van der Waals surface area contributed by atoms with E-state index in [1.165, 1.54) is 0 Å². The minimum atomic E-state index is -0.509. The number of carbonyl (C=O) groups excluding carboxylic acids is 2. The first-order valence-electron chi connectivity index (χ1n) is 7.78. The number of carbonyl (C=O) groups is 2. The molecule has 0 saturated heterocycles. The molecule has 0 radical (unpaired) electrons. The van der Waals surface area contributed by atoms with Crippen LogP contribution in [0.5, 0.6) is 0 Å². The third-order valence-corrected chi connectivity index (χ3v) is 3.81. The lowest BCUT2D eigenvalue weighted by Crippen LogP contribution is -2.38. The van der Waals surface area contributed by atoms with E-state index in [0.717, 1.165) is 9.88 Å². The number of ether oxygens (including phenoxy) is 2. The van der Waals surface area contributed by atoms with Gasteiger partial charge in [0.05, 0.1) is 18.0 Å². The van der Waals surface area contributed by atoms with Gasteiger partial charge in [-0.2, -0.15) is 0 Å². The van der Waals surface area contributed by atoms with Crippen molar-refractivity contribution in [3.8, 4) is 0 Å². The molecule has 1 aromatic heterocycles. The largest absolute Gasteiger partial charge is 0.466 e. The molecule has 6 nitrogen and oxygen atoms in total. The van der Waals surface area contributed by atoms with Crippen LogP contribution in [0.1, 0.15) is 50.9 Å². The molecule has 0 fully saturated rings. The number of nitrogens with one attached hydrogen (secondary N) is 1. The fourth-order valence-corrected chi connectivity index (χ4v) is 2.89. The maximum atomic E-state index is 11.7. The van der Waals surface area contributed by atoms with E-state index < -0.39 is 11.7 Å². The number of aryl methyl sites for hydroxylation is 1. The Morgan fingerprint density at radius 3 is 2.70 bits per heavy atom. The Kier molecular flexibility index (Phi) is 7.48. The molecule has 1 amide bonds. The van der Waals surface area contributed by atoms with Crippen LogP contribution in [0.3, 0.4) is 0 Å². The minimum absolute atomic E-state index is 0.0751. The minimum Gasteiger partial charge on any atom is -0.466 e. The molecule has 1 rings (SSSR count). The number of esters is 1. The van der Waals surface area contributed by atoms with Gasteiger partial charge < -0.3 is 14.8 Å². The Hall–Kier alpha value is -1.63. The molecule has 0 bridgehead atoms. The molecule has 1 N–H and O–H groups in total. The van der Waals surface area contributed by atoms with Gasteiger partial charge in [0.1, 0.15) is 5.60 Å². The average Bonchev–Trinajstić information content (AvgIpc) is 2.81. The number of hydrogen-bond acceptors (Lipinski definition) is 6. The molecule has 0 aliphatic carbocycles. The fraction of sp³-hybridized carbons (Fsp3) is 0.688. The molecule has 0 spiro atoms. The highest BCUT2D eigenvalue weighted by molar-refractivity contribution is 7.11. The highest BCUT2D eigenvalue weighted by Crippen LogP contribution is 2.17. The van der Waals surface area contributed by atoms with E-state index in [1.54, 1.807) is 24.5 Å². The normalized spacial score (nSPS) is 12.6. The summed E-state index contributed by atoms with van der Waals surface area (Å²) < 4.78 is 10.1. The SMILES string of the molecule is CCOC(=O)CCc1cnc(C[C@@H](C)NC(=O)OC(C)(C)C)s1. The molecule has 0 aliphatic heterocycles. The zero-order valence-electron chi connectivity index (χ0n) is 14.5. The summed E-state index contributed by atoms with van der Waals surface area (Å²) in [6.07, 6.45) is 2.97. The summed E-state index contributed by atoms with van der Waals surface area (Å²) in [6.45, 7) is 9.59. The molecule has 0 unspecified atom stereocenters. The van der Waals surface area contributed by atoms with Crippen molar-refractivity contribution in [2.45, 2.75) is 65.5 Å². The highest BCUT2D eigenvalue weighted by Gasteiger charge is 2.18. The summed E-state index contributed by atoms with van der Waals surface area (Å²) in [5.74, 6) is -0.192. The van der Waals surface area contributed by atoms with Crippen LogP contribution in [0, 0.1) is 0 Å². The molecular formula is C16H26N2O4S. The van der Waals surface area contributed by atoms with Crippen LogP contribution in [0.2, 0.25) is 0 Å². The van der Waals surface area contributed by atoms with Crippen LogP contribution in [0.15, 0.2) is 6.20 Å². The van der Waals surface area contributed by atoms with Crippen molar-refractivity contribution in [2.24, 2.45) is 0 Å². The Bertz CT molecular complexity index is 522. The summed E-state index contributed by atoms with van der Waals surface area (Å²) in [4.78, 5) is 28.4. The lowest BCUT2D eigenvalue weighted by Gasteiger charge is -2.21. The van der Waals surface area contributed by atoms with Crippen LogP contribution in [0.25, 0.3) is 0 Å². The van der Waals surface area contributed by atoms with Gasteiger partial charge in [-0.05, 0) is 41.0 Å². The Morgan fingerprint density at radius 1 is 1.39 bits per heavy atom. The second-order valence-electron chi connectivity index (χ2n) is 6.28.